The molecule has 1 aromatic heterocycles. The van der Waals surface area contributed by atoms with Crippen molar-refractivity contribution in [2.24, 2.45) is 11.8 Å². The van der Waals surface area contributed by atoms with Crippen LogP contribution in [0.4, 0.5) is 5.82 Å². The zero-order valence-corrected chi connectivity index (χ0v) is 23.3. The number of piperidine rings is 1. The number of nitrogens with zero attached hydrogens (tertiary/aromatic N) is 4. The summed E-state index contributed by atoms with van der Waals surface area (Å²) in [6.45, 7) is 11.8. The van der Waals surface area contributed by atoms with Crippen LogP contribution in [0.1, 0.15) is 69.6 Å². The number of carbonyl (C=O) groups excluding carboxylic acids is 1. The molecule has 0 aliphatic carbocycles. The van der Waals surface area contributed by atoms with Gasteiger partial charge < -0.3 is 9.64 Å². The molecule has 7 nitrogen and oxygen atoms in total. The second kappa shape index (κ2) is 11.5. The van der Waals surface area contributed by atoms with Crippen molar-refractivity contribution in [3.8, 4) is 6.07 Å². The Bertz CT molecular complexity index is 1150. The summed E-state index contributed by atoms with van der Waals surface area (Å²) in [5, 5.41) is 9.90. The van der Waals surface area contributed by atoms with Gasteiger partial charge in [-0.25, -0.2) is 0 Å². The quantitative estimate of drug-likeness (QED) is 0.375. The van der Waals surface area contributed by atoms with Crippen LogP contribution in [0, 0.1) is 30.1 Å². The smallest absolute Gasteiger partial charge is 0.270 e. The summed E-state index contributed by atoms with van der Waals surface area (Å²) >= 11 is 6.86. The van der Waals surface area contributed by atoms with Gasteiger partial charge in [0.05, 0.1) is 17.6 Å². The summed E-state index contributed by atoms with van der Waals surface area (Å²) in [7, 11) is 0. The number of thioether (sulfide) groups is 1. The lowest BCUT2D eigenvalue weighted by molar-refractivity contribution is -0.123. The fraction of sp³-hybridized carbons (Fsp3) is 0.630. The molecule has 0 N–H and O–H groups in total. The zero-order valence-electron chi connectivity index (χ0n) is 21.7. The van der Waals surface area contributed by atoms with Gasteiger partial charge in [-0.2, -0.15) is 5.26 Å². The number of ether oxygens (including phenoxy) is 1. The van der Waals surface area contributed by atoms with Crippen LogP contribution in [0.15, 0.2) is 9.70 Å². The first-order valence-corrected chi connectivity index (χ1v) is 14.3. The van der Waals surface area contributed by atoms with Gasteiger partial charge in [0.2, 0.25) is 0 Å². The Hall–Kier alpha value is -2.15. The number of aromatic nitrogens is 1. The third-order valence-electron chi connectivity index (χ3n) is 7.31. The van der Waals surface area contributed by atoms with Crippen molar-refractivity contribution in [1.29, 1.82) is 5.26 Å². The van der Waals surface area contributed by atoms with E-state index in [1.54, 1.807) is 9.47 Å². The topological polar surface area (TPSA) is 78.6 Å². The normalized spacial score (nSPS) is 25.8. The second-order valence-corrected chi connectivity index (χ2v) is 12.1. The van der Waals surface area contributed by atoms with E-state index in [0.29, 0.717) is 39.7 Å². The minimum absolute atomic E-state index is 0.0154. The highest BCUT2D eigenvalue weighted by atomic mass is 32.2. The van der Waals surface area contributed by atoms with E-state index >= 15 is 0 Å². The Balaban J connectivity index is 1.83. The Morgan fingerprint density at radius 3 is 2.58 bits per heavy atom. The Morgan fingerprint density at radius 2 is 1.97 bits per heavy atom. The van der Waals surface area contributed by atoms with Gasteiger partial charge in [0.1, 0.15) is 21.8 Å². The van der Waals surface area contributed by atoms with Gasteiger partial charge in [0.25, 0.3) is 11.5 Å². The number of anilines is 1. The standard InChI is InChI=1S/C27H36N4O3S2/c1-5-6-9-30-24(29-14-17(2)11-18(3)15-29)21(19(4)22(13-28)25(30)32)12-23-26(33)31(27(35)36-23)16-20-8-7-10-34-20/h12,17-18,20H,5-11,14-16H2,1-4H3. The van der Waals surface area contributed by atoms with Gasteiger partial charge in [-0.3, -0.25) is 19.1 Å². The first kappa shape index (κ1) is 26.9. The molecule has 4 heterocycles. The summed E-state index contributed by atoms with van der Waals surface area (Å²) in [4.78, 5) is 31.4. The number of unbranched alkanes of at least 4 members (excludes halogenated alkanes) is 1. The van der Waals surface area contributed by atoms with Crippen molar-refractivity contribution in [3.05, 3.63) is 31.9 Å². The number of carbonyl (C=O) groups is 1. The van der Waals surface area contributed by atoms with Gasteiger partial charge in [-0.1, -0.05) is 51.2 Å². The van der Waals surface area contributed by atoms with Gasteiger partial charge >= 0.3 is 0 Å². The SMILES string of the molecule is CCCCn1c(N2CC(C)CC(C)C2)c(C=C2SC(=S)N(CC3CCCO3)C2=O)c(C)c(C#N)c1=O. The van der Waals surface area contributed by atoms with Gasteiger partial charge in [0, 0.05) is 31.8 Å². The molecule has 4 rings (SSSR count). The number of nitriles is 1. The molecule has 3 fully saturated rings. The van der Waals surface area contributed by atoms with Gasteiger partial charge in [0.15, 0.2) is 0 Å². The van der Waals surface area contributed by atoms with Crippen LogP contribution < -0.4 is 10.5 Å². The minimum Gasteiger partial charge on any atom is -0.376 e. The van der Waals surface area contributed by atoms with Crippen LogP contribution in [-0.2, 0) is 16.1 Å². The molecule has 3 unspecified atom stereocenters. The summed E-state index contributed by atoms with van der Waals surface area (Å²) < 4.78 is 8.04. The molecule has 0 radical (unpaired) electrons. The molecule has 0 aromatic carbocycles. The van der Waals surface area contributed by atoms with Crippen LogP contribution in [0.3, 0.4) is 0 Å². The van der Waals surface area contributed by atoms with E-state index in [1.165, 1.54) is 11.8 Å². The van der Waals surface area contributed by atoms with Crippen LogP contribution in [0.5, 0.6) is 0 Å². The highest BCUT2D eigenvalue weighted by molar-refractivity contribution is 8.26. The lowest BCUT2D eigenvalue weighted by atomic mass is 9.91. The van der Waals surface area contributed by atoms with Crippen molar-refractivity contribution in [1.82, 2.24) is 9.47 Å². The van der Waals surface area contributed by atoms with E-state index in [2.05, 4.69) is 31.7 Å². The number of hydrogen-bond acceptors (Lipinski definition) is 7. The average molecular weight is 529 g/mol. The third kappa shape index (κ3) is 5.41. The lowest BCUT2D eigenvalue weighted by Crippen LogP contribution is -2.43. The van der Waals surface area contributed by atoms with Crippen LogP contribution >= 0.6 is 24.0 Å². The summed E-state index contributed by atoms with van der Waals surface area (Å²) in [6, 6.07) is 2.14. The average Bonchev–Trinajstić information content (AvgIpc) is 3.43. The third-order valence-corrected chi connectivity index (χ3v) is 8.69. The fourth-order valence-corrected chi connectivity index (χ4v) is 6.88. The lowest BCUT2D eigenvalue weighted by Gasteiger charge is -2.39. The predicted molar refractivity (Wildman–Crippen MR) is 149 cm³/mol. The maximum atomic E-state index is 13.5. The maximum absolute atomic E-state index is 13.5. The Labute approximate surface area is 223 Å². The highest BCUT2D eigenvalue weighted by Crippen LogP contribution is 2.37. The summed E-state index contributed by atoms with van der Waals surface area (Å²) in [5.74, 6) is 1.66. The molecule has 0 bridgehead atoms. The van der Waals surface area contributed by atoms with E-state index in [1.807, 2.05) is 13.0 Å². The van der Waals surface area contributed by atoms with Crippen LogP contribution in [0.2, 0.25) is 0 Å². The van der Waals surface area contributed by atoms with Crippen molar-refractivity contribution in [3.63, 3.8) is 0 Å². The van der Waals surface area contributed by atoms with Crippen molar-refractivity contribution in [2.75, 3.05) is 31.1 Å². The van der Waals surface area contributed by atoms with Crippen LogP contribution in [-0.4, -0.2) is 52.0 Å². The monoisotopic (exact) mass is 528 g/mol. The number of pyridine rings is 1. The molecular formula is C27H36N4O3S2. The molecule has 194 valence electrons. The number of rotatable bonds is 7. The molecule has 1 amide bonds. The van der Waals surface area contributed by atoms with Crippen molar-refractivity contribution >= 4 is 46.1 Å². The Morgan fingerprint density at radius 1 is 1.25 bits per heavy atom. The molecule has 3 saturated heterocycles. The molecule has 3 aliphatic heterocycles. The van der Waals surface area contributed by atoms with E-state index in [-0.39, 0.29) is 23.1 Å². The van der Waals surface area contributed by atoms with E-state index in [4.69, 9.17) is 17.0 Å². The number of hydrogen-bond donors (Lipinski definition) is 0. The zero-order chi connectivity index (χ0) is 26.0. The van der Waals surface area contributed by atoms with E-state index in [9.17, 15) is 14.9 Å². The molecule has 0 spiro atoms. The molecular weight excluding hydrogens is 492 g/mol. The molecule has 9 heteroatoms. The first-order chi connectivity index (χ1) is 17.2. The molecule has 0 saturated carbocycles. The number of thiocarbonyl (C=S) groups is 1. The molecule has 36 heavy (non-hydrogen) atoms. The summed E-state index contributed by atoms with van der Waals surface area (Å²) in [5.41, 5.74) is 1.31. The second-order valence-electron chi connectivity index (χ2n) is 10.4. The van der Waals surface area contributed by atoms with Gasteiger partial charge in [-0.15, -0.1) is 0 Å². The molecule has 1 aromatic rings. The van der Waals surface area contributed by atoms with E-state index < -0.39 is 0 Å². The molecule has 3 aliphatic rings. The van der Waals surface area contributed by atoms with E-state index in [0.717, 1.165) is 63.2 Å². The first-order valence-electron chi connectivity index (χ1n) is 13.0. The largest absolute Gasteiger partial charge is 0.376 e. The highest BCUT2D eigenvalue weighted by Gasteiger charge is 2.36. The van der Waals surface area contributed by atoms with Gasteiger partial charge in [-0.05, 0) is 56.1 Å². The summed E-state index contributed by atoms with van der Waals surface area (Å²) in [6.07, 6.45) is 6.73. The number of amides is 1. The predicted octanol–water partition coefficient (Wildman–Crippen LogP) is 4.69. The van der Waals surface area contributed by atoms with Crippen molar-refractivity contribution in [2.45, 2.75) is 72.4 Å². The molecule has 3 atom stereocenters. The van der Waals surface area contributed by atoms with Crippen molar-refractivity contribution < 1.29 is 9.53 Å². The minimum atomic E-state index is -0.243. The Kier molecular flexibility index (Phi) is 8.59. The van der Waals surface area contributed by atoms with Crippen LogP contribution in [0.25, 0.3) is 6.08 Å². The maximum Gasteiger partial charge on any atom is 0.270 e. The fourth-order valence-electron chi connectivity index (χ4n) is 5.62.